The van der Waals surface area contributed by atoms with Gasteiger partial charge in [0.25, 0.3) is 11.8 Å². The maximum atomic E-state index is 12.7. The highest BCUT2D eigenvalue weighted by Gasteiger charge is 2.20. The van der Waals surface area contributed by atoms with E-state index in [1.165, 1.54) is 0 Å². The number of nitrogens with zero attached hydrogens (tertiary/aromatic N) is 1. The van der Waals surface area contributed by atoms with E-state index in [0.717, 1.165) is 0 Å². The molecule has 6 nitrogen and oxygen atoms in total. The number of para-hydroxylation sites is 1. The lowest BCUT2D eigenvalue weighted by Crippen LogP contribution is -2.33. The van der Waals surface area contributed by atoms with Gasteiger partial charge < -0.3 is 19.7 Å². The Hall–Kier alpha value is -3.02. The molecule has 2 aromatic rings. The molecule has 2 amide bonds. The van der Waals surface area contributed by atoms with Crippen LogP contribution in [0.15, 0.2) is 48.5 Å². The normalized spacial score (nSPS) is 11.4. The second-order valence-corrected chi connectivity index (χ2v) is 5.95. The van der Waals surface area contributed by atoms with E-state index in [1.54, 1.807) is 67.5 Å². The Morgan fingerprint density at radius 1 is 1.00 bits per heavy atom. The van der Waals surface area contributed by atoms with Crippen LogP contribution in [0.3, 0.4) is 0 Å². The summed E-state index contributed by atoms with van der Waals surface area (Å²) in [6, 6.07) is 14.0. The third kappa shape index (κ3) is 5.23. The lowest BCUT2D eigenvalue weighted by Gasteiger charge is -2.21. The molecule has 0 saturated carbocycles. The summed E-state index contributed by atoms with van der Waals surface area (Å²) in [6.07, 6.45) is -0.727. The van der Waals surface area contributed by atoms with Crippen LogP contribution in [0, 0.1) is 0 Å². The Morgan fingerprint density at radius 2 is 1.59 bits per heavy atom. The number of carbonyl (C=O) groups is 2. The fourth-order valence-electron chi connectivity index (χ4n) is 2.61. The first-order chi connectivity index (χ1) is 13.0. The Balaban J connectivity index is 2.09. The predicted octanol–water partition coefficient (Wildman–Crippen LogP) is 3.58. The van der Waals surface area contributed by atoms with Crippen molar-refractivity contribution in [3.05, 3.63) is 54.1 Å². The summed E-state index contributed by atoms with van der Waals surface area (Å²) in [7, 11) is 1.59. The first-order valence-corrected chi connectivity index (χ1v) is 9.00. The lowest BCUT2D eigenvalue weighted by atomic mass is 10.1. The molecule has 27 heavy (non-hydrogen) atoms. The molecule has 0 unspecified atom stereocenters. The van der Waals surface area contributed by atoms with Crippen molar-refractivity contribution in [1.29, 1.82) is 0 Å². The molecule has 0 radical (unpaired) electrons. The smallest absolute Gasteiger partial charge is 0.265 e. The zero-order valence-electron chi connectivity index (χ0n) is 16.2. The van der Waals surface area contributed by atoms with Crippen LogP contribution in [-0.4, -0.2) is 43.0 Å². The molecule has 0 aliphatic carbocycles. The third-order valence-corrected chi connectivity index (χ3v) is 4.21. The maximum absolute atomic E-state index is 12.7. The third-order valence-electron chi connectivity index (χ3n) is 4.21. The van der Waals surface area contributed by atoms with Gasteiger partial charge in [-0.25, -0.2) is 0 Å². The van der Waals surface area contributed by atoms with Gasteiger partial charge in [0, 0.05) is 13.1 Å². The number of benzene rings is 2. The first kappa shape index (κ1) is 20.3. The van der Waals surface area contributed by atoms with Gasteiger partial charge >= 0.3 is 0 Å². The van der Waals surface area contributed by atoms with Gasteiger partial charge in [0.1, 0.15) is 11.5 Å². The number of anilines is 1. The topological polar surface area (TPSA) is 67.9 Å². The molecular formula is C21H26N2O4. The molecule has 0 bridgehead atoms. The fraction of sp³-hybridized carbons (Fsp3) is 0.333. The average molecular weight is 370 g/mol. The van der Waals surface area contributed by atoms with Crippen LogP contribution >= 0.6 is 0 Å². The zero-order chi connectivity index (χ0) is 19.8. The summed E-state index contributed by atoms with van der Waals surface area (Å²) in [5.41, 5.74) is 0.941. The molecule has 0 aliphatic heterocycles. The van der Waals surface area contributed by atoms with Crippen molar-refractivity contribution >= 4 is 17.5 Å². The van der Waals surface area contributed by atoms with E-state index in [-0.39, 0.29) is 11.8 Å². The Bertz CT molecular complexity index is 770. The summed E-state index contributed by atoms with van der Waals surface area (Å²) in [6.45, 7) is 6.72. The SMILES string of the molecule is CCN(CC)C(=O)c1ccccc1NC(=O)[C@H](C)Oc1ccc(OC)cc1. The fourth-order valence-corrected chi connectivity index (χ4v) is 2.61. The van der Waals surface area contributed by atoms with Gasteiger partial charge in [-0.15, -0.1) is 0 Å². The summed E-state index contributed by atoms with van der Waals surface area (Å²) in [4.78, 5) is 26.9. The maximum Gasteiger partial charge on any atom is 0.265 e. The highest BCUT2D eigenvalue weighted by molar-refractivity contribution is 6.04. The number of nitrogens with one attached hydrogen (secondary N) is 1. The van der Waals surface area contributed by atoms with Crippen molar-refractivity contribution in [2.45, 2.75) is 26.9 Å². The van der Waals surface area contributed by atoms with Crippen molar-refractivity contribution in [1.82, 2.24) is 4.90 Å². The highest BCUT2D eigenvalue weighted by Crippen LogP contribution is 2.20. The van der Waals surface area contributed by atoms with Gasteiger partial charge in [-0.05, 0) is 57.2 Å². The zero-order valence-corrected chi connectivity index (χ0v) is 16.2. The van der Waals surface area contributed by atoms with E-state index < -0.39 is 6.10 Å². The van der Waals surface area contributed by atoms with E-state index in [4.69, 9.17) is 9.47 Å². The highest BCUT2D eigenvalue weighted by atomic mass is 16.5. The second-order valence-electron chi connectivity index (χ2n) is 5.95. The van der Waals surface area contributed by atoms with Gasteiger partial charge in [-0.2, -0.15) is 0 Å². The minimum Gasteiger partial charge on any atom is -0.497 e. The van der Waals surface area contributed by atoms with Gasteiger partial charge in [-0.3, -0.25) is 9.59 Å². The van der Waals surface area contributed by atoms with Gasteiger partial charge in [-0.1, -0.05) is 12.1 Å². The van der Waals surface area contributed by atoms with E-state index in [9.17, 15) is 9.59 Å². The standard InChI is InChI=1S/C21H26N2O4/c1-5-23(6-2)21(25)18-9-7-8-10-19(18)22-20(24)15(3)27-17-13-11-16(26-4)12-14-17/h7-15H,5-6H2,1-4H3,(H,22,24)/t15-/m0/s1. The molecule has 1 atom stereocenters. The van der Waals surface area contributed by atoms with Crippen LogP contribution in [0.4, 0.5) is 5.69 Å². The van der Waals surface area contributed by atoms with Gasteiger partial charge in [0.2, 0.25) is 0 Å². The number of ether oxygens (including phenoxy) is 2. The minimum absolute atomic E-state index is 0.111. The summed E-state index contributed by atoms with van der Waals surface area (Å²) in [5, 5.41) is 2.80. The molecule has 0 heterocycles. The van der Waals surface area contributed by atoms with Crippen LogP contribution in [0.25, 0.3) is 0 Å². The molecule has 6 heteroatoms. The van der Waals surface area contributed by atoms with Crippen LogP contribution in [0.2, 0.25) is 0 Å². The van der Waals surface area contributed by atoms with Crippen molar-refractivity contribution in [3.8, 4) is 11.5 Å². The molecule has 2 aromatic carbocycles. The summed E-state index contributed by atoms with van der Waals surface area (Å²) < 4.78 is 10.8. The Labute approximate surface area is 160 Å². The molecule has 0 spiro atoms. The summed E-state index contributed by atoms with van der Waals surface area (Å²) in [5.74, 6) is 0.833. The van der Waals surface area contributed by atoms with Gasteiger partial charge in [0.15, 0.2) is 6.10 Å². The molecule has 144 valence electrons. The molecule has 2 rings (SSSR count). The van der Waals surface area contributed by atoms with E-state index in [0.29, 0.717) is 35.8 Å². The molecular weight excluding hydrogens is 344 g/mol. The van der Waals surface area contributed by atoms with E-state index >= 15 is 0 Å². The number of carbonyl (C=O) groups excluding carboxylic acids is 2. The molecule has 0 aliphatic rings. The van der Waals surface area contributed by atoms with Crippen LogP contribution in [0.5, 0.6) is 11.5 Å². The lowest BCUT2D eigenvalue weighted by molar-refractivity contribution is -0.122. The second kappa shape index (κ2) is 9.62. The predicted molar refractivity (Wildman–Crippen MR) is 105 cm³/mol. The average Bonchev–Trinajstić information content (AvgIpc) is 2.69. The van der Waals surface area contributed by atoms with Crippen LogP contribution < -0.4 is 14.8 Å². The number of hydrogen-bond donors (Lipinski definition) is 1. The van der Waals surface area contributed by atoms with Crippen LogP contribution in [0.1, 0.15) is 31.1 Å². The number of rotatable bonds is 8. The Morgan fingerprint density at radius 3 is 2.19 bits per heavy atom. The largest absolute Gasteiger partial charge is 0.497 e. The number of methoxy groups -OCH3 is 1. The first-order valence-electron chi connectivity index (χ1n) is 9.00. The molecule has 0 saturated heterocycles. The quantitative estimate of drug-likeness (QED) is 0.771. The molecule has 0 fully saturated rings. The minimum atomic E-state index is -0.727. The van der Waals surface area contributed by atoms with Crippen molar-refractivity contribution in [3.63, 3.8) is 0 Å². The Kier molecular flexibility index (Phi) is 7.23. The monoisotopic (exact) mass is 370 g/mol. The molecule has 0 aromatic heterocycles. The summed E-state index contributed by atoms with van der Waals surface area (Å²) >= 11 is 0. The van der Waals surface area contributed by atoms with E-state index in [1.807, 2.05) is 13.8 Å². The van der Waals surface area contributed by atoms with Crippen molar-refractivity contribution in [2.24, 2.45) is 0 Å². The number of amides is 2. The van der Waals surface area contributed by atoms with E-state index in [2.05, 4.69) is 5.32 Å². The van der Waals surface area contributed by atoms with Crippen molar-refractivity contribution in [2.75, 3.05) is 25.5 Å². The van der Waals surface area contributed by atoms with Crippen LogP contribution in [-0.2, 0) is 4.79 Å². The van der Waals surface area contributed by atoms with Gasteiger partial charge in [0.05, 0.1) is 18.4 Å². The molecule has 1 N–H and O–H groups in total. The number of hydrogen-bond acceptors (Lipinski definition) is 4. The van der Waals surface area contributed by atoms with Crippen molar-refractivity contribution < 1.29 is 19.1 Å².